The number of benzene rings is 1. The van der Waals surface area contributed by atoms with Crippen LogP contribution in [0.1, 0.15) is 24.5 Å². The van der Waals surface area contributed by atoms with Gasteiger partial charge in [-0.3, -0.25) is 4.79 Å². The van der Waals surface area contributed by atoms with Crippen molar-refractivity contribution in [2.75, 3.05) is 0 Å². The summed E-state index contributed by atoms with van der Waals surface area (Å²) in [7, 11) is 0. The van der Waals surface area contributed by atoms with Crippen LogP contribution < -0.4 is 5.56 Å². The zero-order chi connectivity index (χ0) is 14.4. The van der Waals surface area contributed by atoms with Crippen molar-refractivity contribution in [2.45, 2.75) is 13.8 Å². The van der Waals surface area contributed by atoms with Crippen molar-refractivity contribution >= 4 is 5.97 Å². The Morgan fingerprint density at radius 3 is 2.32 bits per heavy atom. The molecule has 0 fully saturated rings. The highest BCUT2D eigenvalue weighted by Crippen LogP contribution is 2.14. The molecule has 1 aromatic carbocycles. The number of nitrogens with one attached hydrogen (secondary N) is 1. The van der Waals surface area contributed by atoms with Gasteiger partial charge in [0.05, 0.1) is 5.56 Å². The molecule has 0 amide bonds. The first kappa shape index (κ1) is 14.6. The monoisotopic (exact) mass is 264 g/mol. The van der Waals surface area contributed by atoms with Gasteiger partial charge in [0.15, 0.2) is 0 Å². The van der Waals surface area contributed by atoms with Gasteiger partial charge in [0.2, 0.25) is 5.82 Å². The Hall–Kier alpha value is -2.50. The number of carboxylic acid groups (broad SMARTS) is 1. The fourth-order valence-corrected chi connectivity index (χ4v) is 1.34. The highest BCUT2D eigenvalue weighted by molar-refractivity contribution is 5.83. The number of rotatable bonds is 2. The number of aromatic nitrogens is 2. The molecule has 0 aliphatic rings. The summed E-state index contributed by atoms with van der Waals surface area (Å²) in [5, 5.41) is 8.62. The lowest BCUT2D eigenvalue weighted by Gasteiger charge is -2.00. The van der Waals surface area contributed by atoms with E-state index in [9.17, 15) is 14.0 Å². The van der Waals surface area contributed by atoms with E-state index in [0.29, 0.717) is 5.56 Å². The second kappa shape index (κ2) is 6.44. The Bertz CT molecular complexity index is 621. The fraction of sp³-hybridized carbons (Fsp3) is 0.154. The Morgan fingerprint density at radius 2 is 1.84 bits per heavy atom. The average molecular weight is 264 g/mol. The van der Waals surface area contributed by atoms with Crippen molar-refractivity contribution in [3.05, 3.63) is 52.5 Å². The van der Waals surface area contributed by atoms with Crippen LogP contribution in [-0.2, 0) is 0 Å². The smallest absolute Gasteiger partial charge is 0.372 e. The molecule has 6 heteroatoms. The summed E-state index contributed by atoms with van der Waals surface area (Å²) in [6.07, 6.45) is 1.15. The van der Waals surface area contributed by atoms with Crippen LogP contribution in [-0.4, -0.2) is 21.0 Å². The topological polar surface area (TPSA) is 83.0 Å². The van der Waals surface area contributed by atoms with E-state index in [4.69, 9.17) is 5.11 Å². The molecule has 0 aliphatic carbocycles. The number of aromatic amines is 1. The van der Waals surface area contributed by atoms with E-state index in [0.717, 1.165) is 6.20 Å². The Kier molecular flexibility index (Phi) is 4.93. The fourth-order valence-electron chi connectivity index (χ4n) is 1.34. The molecule has 100 valence electrons. The molecule has 0 bridgehead atoms. The van der Waals surface area contributed by atoms with Gasteiger partial charge in [0.25, 0.3) is 5.56 Å². The maximum Gasteiger partial charge on any atom is 0.372 e. The van der Waals surface area contributed by atoms with Crippen LogP contribution in [0, 0.1) is 5.82 Å². The molecule has 19 heavy (non-hydrogen) atoms. The van der Waals surface area contributed by atoms with E-state index in [1.54, 1.807) is 0 Å². The molecule has 1 aromatic heterocycles. The molecule has 0 saturated carbocycles. The van der Waals surface area contributed by atoms with Gasteiger partial charge < -0.3 is 10.1 Å². The summed E-state index contributed by atoms with van der Waals surface area (Å²) in [5.41, 5.74) is 0.0797. The van der Waals surface area contributed by atoms with E-state index in [2.05, 4.69) is 9.97 Å². The van der Waals surface area contributed by atoms with Crippen molar-refractivity contribution in [1.29, 1.82) is 0 Å². The van der Waals surface area contributed by atoms with Crippen LogP contribution in [0.2, 0.25) is 0 Å². The number of nitrogens with zero attached hydrogens (tertiary/aromatic N) is 1. The average Bonchev–Trinajstić information content (AvgIpc) is 2.42. The van der Waals surface area contributed by atoms with Gasteiger partial charge in [-0.15, -0.1) is 0 Å². The van der Waals surface area contributed by atoms with Gasteiger partial charge in [-0.1, -0.05) is 26.0 Å². The van der Waals surface area contributed by atoms with Gasteiger partial charge in [-0.05, 0) is 17.7 Å². The van der Waals surface area contributed by atoms with E-state index in [1.165, 1.54) is 24.3 Å². The third-order valence-corrected chi connectivity index (χ3v) is 2.16. The predicted octanol–water partition coefficient (Wildman–Crippen LogP) is 2.30. The quantitative estimate of drug-likeness (QED) is 0.871. The molecule has 5 nitrogen and oxygen atoms in total. The minimum atomic E-state index is -1.31. The summed E-state index contributed by atoms with van der Waals surface area (Å²) >= 11 is 0. The number of carbonyl (C=O) groups is 1. The molecule has 0 atom stereocenters. The van der Waals surface area contributed by atoms with Gasteiger partial charge >= 0.3 is 5.97 Å². The zero-order valence-corrected chi connectivity index (χ0v) is 10.5. The molecule has 2 N–H and O–H groups in total. The van der Waals surface area contributed by atoms with E-state index >= 15 is 0 Å². The summed E-state index contributed by atoms with van der Waals surface area (Å²) in [6, 6.07) is 5.25. The number of hydrogen-bond acceptors (Lipinski definition) is 3. The van der Waals surface area contributed by atoms with Gasteiger partial charge in [0, 0.05) is 6.20 Å². The molecular weight excluding hydrogens is 251 g/mol. The molecule has 2 rings (SSSR count). The number of hydrogen-bond donors (Lipinski definition) is 2. The van der Waals surface area contributed by atoms with Crippen molar-refractivity contribution in [2.24, 2.45) is 0 Å². The highest BCUT2D eigenvalue weighted by Gasteiger charge is 2.09. The highest BCUT2D eigenvalue weighted by atomic mass is 19.1. The Balaban J connectivity index is 0.000000861. The minimum Gasteiger partial charge on any atom is -0.475 e. The summed E-state index contributed by atoms with van der Waals surface area (Å²) in [6.45, 7) is 4.00. The van der Waals surface area contributed by atoms with Crippen LogP contribution in [0.5, 0.6) is 0 Å². The van der Waals surface area contributed by atoms with Crippen molar-refractivity contribution in [3.8, 4) is 11.1 Å². The second-order valence-electron chi connectivity index (χ2n) is 3.29. The number of carboxylic acids is 1. The first-order chi connectivity index (χ1) is 9.08. The SMILES string of the molecule is CC.O=C(O)c1ncc(-c2ccc(F)cc2)c(=O)[nH]1. The first-order valence-corrected chi connectivity index (χ1v) is 5.66. The standard InChI is InChI=1S/C11H7FN2O3.C2H6/c12-7-3-1-6(2-4-7)8-5-13-9(11(16)17)14-10(8)15;1-2/h1-5H,(H,16,17)(H,13,14,15);1-2H3. The Morgan fingerprint density at radius 1 is 1.26 bits per heavy atom. The number of halogens is 1. The van der Waals surface area contributed by atoms with E-state index < -0.39 is 23.2 Å². The van der Waals surface area contributed by atoms with Gasteiger partial charge in [-0.25, -0.2) is 14.2 Å². The van der Waals surface area contributed by atoms with Crippen LogP contribution in [0.3, 0.4) is 0 Å². The molecule has 0 radical (unpaired) electrons. The molecule has 2 aromatic rings. The van der Waals surface area contributed by atoms with Crippen molar-refractivity contribution < 1.29 is 14.3 Å². The largest absolute Gasteiger partial charge is 0.475 e. The third kappa shape index (κ3) is 3.48. The molecule has 0 saturated heterocycles. The predicted molar refractivity (Wildman–Crippen MR) is 68.6 cm³/mol. The van der Waals surface area contributed by atoms with Crippen LogP contribution in [0.4, 0.5) is 4.39 Å². The lowest BCUT2D eigenvalue weighted by Crippen LogP contribution is -2.16. The third-order valence-electron chi connectivity index (χ3n) is 2.16. The lowest BCUT2D eigenvalue weighted by atomic mass is 10.1. The van der Waals surface area contributed by atoms with Gasteiger partial charge in [-0.2, -0.15) is 0 Å². The number of aromatic carboxylic acids is 1. The molecule has 0 aliphatic heterocycles. The molecule has 0 unspecified atom stereocenters. The minimum absolute atomic E-state index is 0.190. The molecule has 0 spiro atoms. The summed E-state index contributed by atoms with van der Waals surface area (Å²) < 4.78 is 12.7. The molecular formula is C13H13FN2O3. The lowest BCUT2D eigenvalue weighted by molar-refractivity contribution is 0.0683. The van der Waals surface area contributed by atoms with E-state index in [1.807, 2.05) is 13.8 Å². The normalized spacial score (nSPS) is 9.42. The van der Waals surface area contributed by atoms with Crippen LogP contribution >= 0.6 is 0 Å². The van der Waals surface area contributed by atoms with Crippen molar-refractivity contribution in [1.82, 2.24) is 9.97 Å². The summed E-state index contributed by atoms with van der Waals surface area (Å²) in [5.74, 6) is -2.16. The molecule has 1 heterocycles. The van der Waals surface area contributed by atoms with E-state index in [-0.39, 0.29) is 5.56 Å². The zero-order valence-electron chi connectivity index (χ0n) is 10.5. The second-order valence-corrected chi connectivity index (χ2v) is 3.29. The Labute approximate surface area is 108 Å². The maximum absolute atomic E-state index is 12.7. The first-order valence-electron chi connectivity index (χ1n) is 5.66. The summed E-state index contributed by atoms with van der Waals surface area (Å²) in [4.78, 5) is 27.9. The van der Waals surface area contributed by atoms with Crippen molar-refractivity contribution in [3.63, 3.8) is 0 Å². The maximum atomic E-state index is 12.7. The van der Waals surface area contributed by atoms with Crippen LogP contribution in [0.15, 0.2) is 35.3 Å². The van der Waals surface area contributed by atoms with Crippen LogP contribution in [0.25, 0.3) is 11.1 Å². The number of H-pyrrole nitrogens is 1. The van der Waals surface area contributed by atoms with Gasteiger partial charge in [0.1, 0.15) is 5.82 Å².